The molecule has 2 heterocycles. The van der Waals surface area contributed by atoms with Gasteiger partial charge in [0.05, 0.1) is 16.1 Å². The van der Waals surface area contributed by atoms with Gasteiger partial charge in [0.15, 0.2) is 5.58 Å². The number of carbonyl (C=O) groups excluding carboxylic acids is 1. The Labute approximate surface area is 181 Å². The smallest absolute Gasteiger partial charge is 0.408 e. The molecule has 8 nitrogen and oxygen atoms in total. The van der Waals surface area contributed by atoms with Crippen LogP contribution < -0.4 is 11.1 Å². The van der Waals surface area contributed by atoms with E-state index >= 15 is 0 Å². The third kappa shape index (κ3) is 4.07. The highest BCUT2D eigenvalue weighted by Gasteiger charge is 2.28. The molecule has 1 N–H and O–H groups in total. The molecule has 0 spiro atoms. The Morgan fingerprint density at radius 3 is 2.60 bits per heavy atom. The van der Waals surface area contributed by atoms with Crippen molar-refractivity contribution in [2.45, 2.75) is 30.7 Å². The number of nitrogens with zero attached hydrogens (tertiary/aromatic N) is 2. The number of oxazole rings is 1. The van der Waals surface area contributed by atoms with Crippen molar-refractivity contribution in [2.75, 3.05) is 18.4 Å². The molecule has 0 bridgehead atoms. The van der Waals surface area contributed by atoms with E-state index in [0.29, 0.717) is 24.3 Å². The number of benzene rings is 2. The SMILES string of the molecule is O=C(CCn1c(=O)oc2cc(S(=O)(=O)N3CCCC3)ccc21)Nc1ccccc1Br. The maximum Gasteiger partial charge on any atom is 0.419 e. The zero-order chi connectivity index (χ0) is 21.3. The lowest BCUT2D eigenvalue weighted by Gasteiger charge is -2.15. The van der Waals surface area contributed by atoms with Gasteiger partial charge < -0.3 is 9.73 Å². The predicted octanol–water partition coefficient (Wildman–Crippen LogP) is 3.17. The number of para-hydroxylation sites is 1. The van der Waals surface area contributed by atoms with Gasteiger partial charge >= 0.3 is 5.76 Å². The Bertz CT molecular complexity index is 1260. The van der Waals surface area contributed by atoms with E-state index in [4.69, 9.17) is 4.42 Å². The molecule has 2 aromatic carbocycles. The molecule has 1 fully saturated rings. The normalized spacial score (nSPS) is 15.0. The van der Waals surface area contributed by atoms with E-state index in [1.165, 1.54) is 21.0 Å². The van der Waals surface area contributed by atoms with Crippen molar-refractivity contribution in [2.24, 2.45) is 0 Å². The monoisotopic (exact) mass is 493 g/mol. The number of rotatable bonds is 6. The fraction of sp³-hybridized carbons (Fsp3) is 0.300. The minimum Gasteiger partial charge on any atom is -0.408 e. The molecule has 0 unspecified atom stereocenters. The first-order chi connectivity index (χ1) is 14.4. The molecule has 3 aromatic rings. The maximum atomic E-state index is 12.7. The summed E-state index contributed by atoms with van der Waals surface area (Å²) in [6, 6.07) is 11.6. The molecule has 0 saturated carbocycles. The van der Waals surface area contributed by atoms with Crippen LogP contribution in [0.2, 0.25) is 0 Å². The van der Waals surface area contributed by atoms with Crippen molar-refractivity contribution in [1.82, 2.24) is 8.87 Å². The van der Waals surface area contributed by atoms with E-state index in [0.717, 1.165) is 17.3 Å². The van der Waals surface area contributed by atoms with Crippen LogP contribution in [0.4, 0.5) is 5.69 Å². The van der Waals surface area contributed by atoms with Gasteiger partial charge in [-0.15, -0.1) is 0 Å². The standard InChI is InChI=1S/C20H20BrN3O5S/c21-15-5-1-2-6-16(15)22-19(25)9-12-24-17-8-7-14(13-18(17)29-20(24)26)30(27,28)23-10-3-4-11-23/h1-2,5-8,13H,3-4,9-12H2,(H,22,25). The lowest BCUT2D eigenvalue weighted by molar-refractivity contribution is -0.116. The number of hydrogen-bond donors (Lipinski definition) is 1. The third-order valence-electron chi connectivity index (χ3n) is 5.05. The van der Waals surface area contributed by atoms with Gasteiger partial charge in [-0.25, -0.2) is 13.2 Å². The van der Waals surface area contributed by atoms with E-state index in [2.05, 4.69) is 21.2 Å². The van der Waals surface area contributed by atoms with Crippen LogP contribution in [0, 0.1) is 0 Å². The zero-order valence-electron chi connectivity index (χ0n) is 16.0. The second-order valence-electron chi connectivity index (χ2n) is 7.04. The molecular weight excluding hydrogens is 474 g/mol. The summed E-state index contributed by atoms with van der Waals surface area (Å²) in [6.45, 7) is 1.11. The Morgan fingerprint density at radius 2 is 1.87 bits per heavy atom. The highest BCUT2D eigenvalue weighted by molar-refractivity contribution is 9.10. The van der Waals surface area contributed by atoms with Crippen molar-refractivity contribution in [3.8, 4) is 0 Å². The van der Waals surface area contributed by atoms with Crippen molar-refractivity contribution in [1.29, 1.82) is 0 Å². The first kappa shape index (κ1) is 20.8. The van der Waals surface area contributed by atoms with Crippen molar-refractivity contribution in [3.63, 3.8) is 0 Å². The quantitative estimate of drug-likeness (QED) is 0.568. The van der Waals surface area contributed by atoms with Gasteiger partial charge in [-0.05, 0) is 53.0 Å². The molecule has 1 aromatic heterocycles. The zero-order valence-corrected chi connectivity index (χ0v) is 18.4. The molecule has 0 radical (unpaired) electrons. The first-order valence-corrected chi connectivity index (χ1v) is 11.8. The molecular formula is C20H20BrN3O5S. The van der Waals surface area contributed by atoms with Crippen molar-refractivity contribution in [3.05, 3.63) is 57.5 Å². The summed E-state index contributed by atoms with van der Waals surface area (Å²) in [7, 11) is -3.60. The van der Waals surface area contributed by atoms with E-state index < -0.39 is 15.8 Å². The highest BCUT2D eigenvalue weighted by atomic mass is 79.9. The summed E-state index contributed by atoms with van der Waals surface area (Å²) < 4.78 is 34.2. The Balaban J connectivity index is 1.52. The summed E-state index contributed by atoms with van der Waals surface area (Å²) in [6.07, 6.45) is 1.74. The van der Waals surface area contributed by atoms with E-state index in [-0.39, 0.29) is 29.4 Å². The van der Waals surface area contributed by atoms with E-state index in [1.807, 2.05) is 18.2 Å². The molecule has 30 heavy (non-hydrogen) atoms. The van der Waals surface area contributed by atoms with Gasteiger partial charge in [0.1, 0.15) is 0 Å². The van der Waals surface area contributed by atoms with Crippen molar-refractivity contribution >= 4 is 48.6 Å². The van der Waals surface area contributed by atoms with Gasteiger partial charge in [0.25, 0.3) is 0 Å². The molecule has 1 aliphatic rings. The lowest BCUT2D eigenvalue weighted by atomic mass is 10.3. The van der Waals surface area contributed by atoms with Crippen molar-refractivity contribution < 1.29 is 17.6 Å². The number of aromatic nitrogens is 1. The summed E-state index contributed by atoms with van der Waals surface area (Å²) in [5.74, 6) is -0.884. The maximum absolute atomic E-state index is 12.7. The van der Waals surface area contributed by atoms with Gasteiger partial charge in [-0.1, -0.05) is 12.1 Å². The number of carbonyl (C=O) groups is 1. The van der Waals surface area contributed by atoms with Crippen LogP contribution in [-0.2, 0) is 21.4 Å². The molecule has 4 rings (SSSR count). The molecule has 1 amide bonds. The fourth-order valence-corrected chi connectivity index (χ4v) is 5.40. The molecule has 158 valence electrons. The van der Waals surface area contributed by atoms with E-state index in [1.54, 1.807) is 12.1 Å². The van der Waals surface area contributed by atoms with Crippen LogP contribution in [-0.4, -0.2) is 36.3 Å². The van der Waals surface area contributed by atoms with Gasteiger partial charge in [-0.3, -0.25) is 9.36 Å². The second kappa shape index (κ2) is 8.37. The lowest BCUT2D eigenvalue weighted by Crippen LogP contribution is -2.27. The number of sulfonamides is 1. The van der Waals surface area contributed by atoms with Crippen LogP contribution in [0.25, 0.3) is 11.1 Å². The number of hydrogen-bond acceptors (Lipinski definition) is 5. The second-order valence-corrected chi connectivity index (χ2v) is 9.83. The third-order valence-corrected chi connectivity index (χ3v) is 7.64. The van der Waals surface area contributed by atoms with Gasteiger partial charge in [0, 0.05) is 36.6 Å². The molecule has 0 atom stereocenters. The van der Waals surface area contributed by atoms with Gasteiger partial charge in [-0.2, -0.15) is 4.31 Å². The highest BCUT2D eigenvalue weighted by Crippen LogP contribution is 2.25. The number of halogens is 1. The largest absolute Gasteiger partial charge is 0.419 e. The van der Waals surface area contributed by atoms with E-state index in [9.17, 15) is 18.0 Å². The summed E-state index contributed by atoms with van der Waals surface area (Å²) in [4.78, 5) is 24.7. The van der Waals surface area contributed by atoms with Gasteiger partial charge in [0.2, 0.25) is 15.9 Å². The topological polar surface area (TPSA) is 102 Å². The minimum atomic E-state index is -3.60. The summed E-state index contributed by atoms with van der Waals surface area (Å²) in [5.41, 5.74) is 1.28. The predicted molar refractivity (Wildman–Crippen MR) is 116 cm³/mol. The number of aryl methyl sites for hydroxylation is 1. The summed E-state index contributed by atoms with van der Waals surface area (Å²) >= 11 is 3.37. The molecule has 1 aliphatic heterocycles. The molecule has 1 saturated heterocycles. The van der Waals surface area contributed by atoms with Crippen LogP contribution in [0.1, 0.15) is 19.3 Å². The average Bonchev–Trinajstić information content (AvgIpc) is 3.36. The number of anilines is 1. The molecule has 10 heteroatoms. The number of fused-ring (bicyclic) bond motifs is 1. The summed E-state index contributed by atoms with van der Waals surface area (Å²) in [5, 5.41) is 2.78. The molecule has 0 aliphatic carbocycles. The number of amides is 1. The number of nitrogens with one attached hydrogen (secondary N) is 1. The fourth-order valence-electron chi connectivity index (χ4n) is 3.49. The van der Waals surface area contributed by atoms with Crippen LogP contribution in [0.3, 0.4) is 0 Å². The van der Waals surface area contributed by atoms with Crippen LogP contribution >= 0.6 is 15.9 Å². The first-order valence-electron chi connectivity index (χ1n) is 9.54. The Morgan fingerprint density at radius 1 is 1.13 bits per heavy atom. The Hall–Kier alpha value is -2.43. The van der Waals surface area contributed by atoms with Crippen LogP contribution in [0.15, 0.2) is 61.0 Å². The Kier molecular flexibility index (Phi) is 5.81. The average molecular weight is 494 g/mol. The minimum absolute atomic E-state index is 0.0592. The van der Waals surface area contributed by atoms with Crippen LogP contribution in [0.5, 0.6) is 0 Å².